The second-order valence-corrected chi connectivity index (χ2v) is 2.20. The number of hydrogen-bond donors (Lipinski definition) is 0. The van der Waals surface area contributed by atoms with E-state index in [0.717, 1.165) is 5.33 Å². The van der Waals surface area contributed by atoms with Crippen molar-refractivity contribution in [3.8, 4) is 0 Å². The maximum absolute atomic E-state index is 10.3. The Kier molecular flexibility index (Phi) is 5.52. The molecule has 0 fully saturated rings. The lowest BCUT2D eigenvalue weighted by molar-refractivity contribution is -0.112. The molecule has 0 aromatic carbocycles. The summed E-state index contributed by atoms with van der Waals surface area (Å²) in [6.07, 6.45) is 7.00. The minimum absolute atomic E-state index is 0.0780. The fraction of sp³-hybridized carbons (Fsp3) is 0.286. The molecule has 1 nitrogen and oxygen atoms in total. The molecule has 0 aliphatic carbocycles. The lowest BCUT2D eigenvalue weighted by Crippen LogP contribution is -1.77. The molecular formula is C7H9BrO. The SMILES string of the molecule is CC(=O)/C=C/C=C/CBr. The van der Waals surface area contributed by atoms with Crippen LogP contribution in [0.25, 0.3) is 0 Å². The number of carbonyl (C=O) groups is 1. The molecule has 0 rings (SSSR count). The van der Waals surface area contributed by atoms with Crippen LogP contribution >= 0.6 is 15.9 Å². The van der Waals surface area contributed by atoms with Gasteiger partial charge in [0, 0.05) is 5.33 Å². The summed E-state index contributed by atoms with van der Waals surface area (Å²) in [6, 6.07) is 0. The van der Waals surface area contributed by atoms with Gasteiger partial charge < -0.3 is 0 Å². The summed E-state index contributed by atoms with van der Waals surface area (Å²) in [5.41, 5.74) is 0. The van der Waals surface area contributed by atoms with Gasteiger partial charge in [0.25, 0.3) is 0 Å². The van der Waals surface area contributed by atoms with E-state index in [-0.39, 0.29) is 5.78 Å². The van der Waals surface area contributed by atoms with Crippen molar-refractivity contribution in [2.75, 3.05) is 5.33 Å². The number of ketones is 1. The van der Waals surface area contributed by atoms with Crippen LogP contribution in [-0.2, 0) is 4.79 Å². The first-order chi connectivity index (χ1) is 4.27. The van der Waals surface area contributed by atoms with E-state index in [2.05, 4.69) is 15.9 Å². The average molecular weight is 189 g/mol. The molecule has 0 aliphatic heterocycles. The van der Waals surface area contributed by atoms with Crippen molar-refractivity contribution in [3.63, 3.8) is 0 Å². The van der Waals surface area contributed by atoms with E-state index >= 15 is 0 Å². The Hall–Kier alpha value is -0.370. The maximum Gasteiger partial charge on any atom is 0.152 e. The fourth-order valence-electron chi connectivity index (χ4n) is 0.321. The molecule has 0 saturated carbocycles. The van der Waals surface area contributed by atoms with Crippen molar-refractivity contribution in [3.05, 3.63) is 24.3 Å². The summed E-state index contributed by atoms with van der Waals surface area (Å²) in [5, 5.41) is 0.829. The van der Waals surface area contributed by atoms with Gasteiger partial charge in [0.2, 0.25) is 0 Å². The van der Waals surface area contributed by atoms with Gasteiger partial charge in [-0.15, -0.1) is 0 Å². The summed E-state index contributed by atoms with van der Waals surface area (Å²) >= 11 is 3.21. The van der Waals surface area contributed by atoms with Gasteiger partial charge in [0.05, 0.1) is 0 Å². The zero-order valence-corrected chi connectivity index (χ0v) is 6.89. The van der Waals surface area contributed by atoms with Gasteiger partial charge in [-0.1, -0.05) is 34.2 Å². The van der Waals surface area contributed by atoms with Crippen molar-refractivity contribution in [1.82, 2.24) is 0 Å². The molecule has 0 aromatic heterocycles. The Morgan fingerprint density at radius 3 is 2.67 bits per heavy atom. The summed E-state index contributed by atoms with van der Waals surface area (Å²) in [4.78, 5) is 10.3. The van der Waals surface area contributed by atoms with Crippen molar-refractivity contribution in [1.29, 1.82) is 0 Å². The zero-order chi connectivity index (χ0) is 7.11. The van der Waals surface area contributed by atoms with Crippen molar-refractivity contribution >= 4 is 21.7 Å². The number of rotatable bonds is 3. The van der Waals surface area contributed by atoms with Crippen molar-refractivity contribution in [2.24, 2.45) is 0 Å². The van der Waals surface area contributed by atoms with Crippen LogP contribution in [0.15, 0.2) is 24.3 Å². The Balaban J connectivity index is 3.47. The van der Waals surface area contributed by atoms with E-state index in [4.69, 9.17) is 0 Å². The number of alkyl halides is 1. The fourth-order valence-corrected chi connectivity index (χ4v) is 0.537. The standard InChI is InChI=1S/C7H9BrO/c1-7(9)5-3-2-4-6-8/h2-5H,6H2,1H3/b4-2+,5-3+. The molecule has 9 heavy (non-hydrogen) atoms. The Morgan fingerprint density at radius 2 is 2.22 bits per heavy atom. The number of hydrogen-bond acceptors (Lipinski definition) is 1. The molecule has 0 bridgehead atoms. The van der Waals surface area contributed by atoms with Crippen LogP contribution in [0.5, 0.6) is 0 Å². The van der Waals surface area contributed by atoms with Crippen molar-refractivity contribution < 1.29 is 4.79 Å². The summed E-state index contributed by atoms with van der Waals surface area (Å²) < 4.78 is 0. The molecule has 0 aliphatic rings. The Bertz CT molecular complexity index is 136. The molecule has 0 unspecified atom stereocenters. The predicted octanol–water partition coefficient (Wildman–Crippen LogP) is 2.08. The first kappa shape index (κ1) is 8.63. The molecule has 0 radical (unpaired) electrons. The molecule has 0 spiro atoms. The average Bonchev–Trinajstić information content (AvgIpc) is 1.80. The highest BCUT2D eigenvalue weighted by atomic mass is 79.9. The van der Waals surface area contributed by atoms with Gasteiger partial charge >= 0.3 is 0 Å². The third-order valence-electron chi connectivity index (χ3n) is 0.667. The number of halogens is 1. The Morgan fingerprint density at radius 1 is 1.56 bits per heavy atom. The lowest BCUT2D eigenvalue weighted by atomic mass is 10.4. The molecule has 0 aromatic rings. The molecule has 0 saturated heterocycles. The molecular weight excluding hydrogens is 180 g/mol. The molecule has 0 amide bonds. The van der Waals surface area contributed by atoms with Crippen LogP contribution < -0.4 is 0 Å². The van der Waals surface area contributed by atoms with Crippen LogP contribution in [0.3, 0.4) is 0 Å². The van der Waals surface area contributed by atoms with Crippen LogP contribution in [0.4, 0.5) is 0 Å². The number of carbonyl (C=O) groups excluding carboxylic acids is 1. The third-order valence-corrected chi connectivity index (χ3v) is 1.04. The maximum atomic E-state index is 10.3. The van der Waals surface area contributed by atoms with E-state index in [1.54, 1.807) is 6.08 Å². The quantitative estimate of drug-likeness (QED) is 0.377. The molecule has 0 heterocycles. The van der Waals surface area contributed by atoms with Gasteiger partial charge in [0.15, 0.2) is 5.78 Å². The van der Waals surface area contributed by atoms with Gasteiger partial charge in [-0.05, 0) is 13.0 Å². The van der Waals surface area contributed by atoms with Crippen LogP contribution in [0.2, 0.25) is 0 Å². The smallest absolute Gasteiger partial charge is 0.152 e. The summed E-state index contributed by atoms with van der Waals surface area (Å²) in [6.45, 7) is 1.53. The van der Waals surface area contributed by atoms with E-state index in [1.807, 2.05) is 12.2 Å². The van der Waals surface area contributed by atoms with Gasteiger partial charge in [-0.2, -0.15) is 0 Å². The Labute approximate surface area is 63.6 Å². The monoisotopic (exact) mass is 188 g/mol. The minimum atomic E-state index is 0.0780. The van der Waals surface area contributed by atoms with Crippen LogP contribution in [0.1, 0.15) is 6.92 Å². The predicted molar refractivity (Wildman–Crippen MR) is 42.8 cm³/mol. The molecule has 0 atom stereocenters. The highest BCUT2D eigenvalue weighted by molar-refractivity contribution is 9.09. The van der Waals surface area contributed by atoms with Gasteiger partial charge in [-0.25, -0.2) is 0 Å². The second kappa shape index (κ2) is 5.76. The normalized spacial score (nSPS) is 11.3. The molecule has 2 heteroatoms. The summed E-state index contributed by atoms with van der Waals surface area (Å²) in [5.74, 6) is 0.0780. The topological polar surface area (TPSA) is 17.1 Å². The van der Waals surface area contributed by atoms with E-state index in [0.29, 0.717) is 0 Å². The third kappa shape index (κ3) is 7.63. The van der Waals surface area contributed by atoms with E-state index < -0.39 is 0 Å². The highest BCUT2D eigenvalue weighted by Gasteiger charge is 1.75. The first-order valence-electron chi connectivity index (χ1n) is 2.67. The van der Waals surface area contributed by atoms with Crippen LogP contribution in [-0.4, -0.2) is 11.1 Å². The van der Waals surface area contributed by atoms with E-state index in [9.17, 15) is 4.79 Å². The minimum Gasteiger partial charge on any atom is -0.295 e. The second-order valence-electron chi connectivity index (χ2n) is 1.55. The highest BCUT2D eigenvalue weighted by Crippen LogP contribution is 1.83. The van der Waals surface area contributed by atoms with Crippen LogP contribution in [0, 0.1) is 0 Å². The van der Waals surface area contributed by atoms with Gasteiger partial charge in [-0.3, -0.25) is 4.79 Å². The van der Waals surface area contributed by atoms with Gasteiger partial charge in [0.1, 0.15) is 0 Å². The first-order valence-corrected chi connectivity index (χ1v) is 3.79. The van der Waals surface area contributed by atoms with E-state index in [1.165, 1.54) is 13.0 Å². The zero-order valence-electron chi connectivity index (χ0n) is 5.30. The molecule has 50 valence electrons. The lowest BCUT2D eigenvalue weighted by Gasteiger charge is -1.74. The number of allylic oxidation sites excluding steroid dienone is 4. The van der Waals surface area contributed by atoms with Crippen molar-refractivity contribution in [2.45, 2.75) is 6.92 Å². The molecule has 0 N–H and O–H groups in total. The summed E-state index contributed by atoms with van der Waals surface area (Å²) in [7, 11) is 0. The largest absolute Gasteiger partial charge is 0.295 e.